The number of rotatable bonds is 4. The monoisotopic (exact) mass is 378 g/mol. The van der Waals surface area contributed by atoms with Crippen LogP contribution in [0.25, 0.3) is 16.9 Å². The van der Waals surface area contributed by atoms with E-state index in [9.17, 15) is 25.1 Å². The molecule has 28 heavy (non-hydrogen) atoms. The molecule has 3 aromatic rings. The normalized spacial score (nSPS) is 13.1. The van der Waals surface area contributed by atoms with Gasteiger partial charge in [-0.1, -0.05) is 12.1 Å². The molecule has 2 aromatic carbocycles. The second-order valence-corrected chi connectivity index (χ2v) is 6.82. The SMILES string of the molecule is O=C(O)c1cc(-n2c(-c3ccccc3[N+](=O)[O-])cc3c2CCCC3)ccc1O. The van der Waals surface area contributed by atoms with Crippen molar-refractivity contribution in [2.45, 2.75) is 25.7 Å². The summed E-state index contributed by atoms with van der Waals surface area (Å²) in [7, 11) is 0. The molecule has 1 aliphatic carbocycles. The van der Waals surface area contributed by atoms with Crippen molar-refractivity contribution in [2.24, 2.45) is 0 Å². The first-order valence-corrected chi connectivity index (χ1v) is 9.01. The Kier molecular flexibility index (Phi) is 4.35. The van der Waals surface area contributed by atoms with E-state index in [2.05, 4.69) is 0 Å². The molecular formula is C21H18N2O5. The molecule has 4 rings (SSSR count). The zero-order valence-corrected chi connectivity index (χ0v) is 15.0. The van der Waals surface area contributed by atoms with Crippen molar-refractivity contribution in [3.8, 4) is 22.7 Å². The van der Waals surface area contributed by atoms with Crippen LogP contribution in [0.3, 0.4) is 0 Å². The summed E-state index contributed by atoms with van der Waals surface area (Å²) in [5.74, 6) is -1.54. The van der Waals surface area contributed by atoms with Gasteiger partial charge in [0.15, 0.2) is 0 Å². The lowest BCUT2D eigenvalue weighted by Crippen LogP contribution is -2.09. The maximum Gasteiger partial charge on any atom is 0.339 e. The molecule has 0 bridgehead atoms. The van der Waals surface area contributed by atoms with Gasteiger partial charge in [0.25, 0.3) is 5.69 Å². The fourth-order valence-corrected chi connectivity index (χ4v) is 3.88. The molecule has 0 saturated carbocycles. The van der Waals surface area contributed by atoms with Crippen molar-refractivity contribution >= 4 is 11.7 Å². The number of nitro benzene ring substituents is 1. The molecule has 142 valence electrons. The predicted molar refractivity (Wildman–Crippen MR) is 103 cm³/mol. The van der Waals surface area contributed by atoms with Crippen LogP contribution < -0.4 is 0 Å². The number of aryl methyl sites for hydroxylation is 1. The van der Waals surface area contributed by atoms with Gasteiger partial charge in [-0.05, 0) is 61.6 Å². The number of para-hydroxylation sites is 1. The van der Waals surface area contributed by atoms with E-state index < -0.39 is 10.9 Å². The third-order valence-corrected chi connectivity index (χ3v) is 5.15. The first kappa shape index (κ1) is 17.8. The van der Waals surface area contributed by atoms with Crippen molar-refractivity contribution in [3.05, 3.63) is 75.5 Å². The van der Waals surface area contributed by atoms with Crippen LogP contribution in [0, 0.1) is 10.1 Å². The average Bonchev–Trinajstić information content (AvgIpc) is 3.07. The van der Waals surface area contributed by atoms with Crippen molar-refractivity contribution in [3.63, 3.8) is 0 Å². The van der Waals surface area contributed by atoms with E-state index in [0.717, 1.165) is 36.9 Å². The number of hydrogen-bond donors (Lipinski definition) is 2. The molecule has 7 heteroatoms. The van der Waals surface area contributed by atoms with Crippen molar-refractivity contribution in [1.29, 1.82) is 0 Å². The Labute approximate surface area is 160 Å². The Bertz CT molecular complexity index is 1100. The zero-order valence-electron chi connectivity index (χ0n) is 15.0. The van der Waals surface area contributed by atoms with Crippen LogP contribution in [-0.4, -0.2) is 25.7 Å². The Morgan fingerprint density at radius 3 is 2.57 bits per heavy atom. The van der Waals surface area contributed by atoms with Crippen LogP contribution in [-0.2, 0) is 12.8 Å². The number of aromatic hydroxyl groups is 1. The van der Waals surface area contributed by atoms with Crippen molar-refractivity contribution < 1.29 is 19.9 Å². The Balaban J connectivity index is 2.01. The first-order valence-electron chi connectivity index (χ1n) is 9.01. The molecule has 2 N–H and O–H groups in total. The quantitative estimate of drug-likeness (QED) is 0.519. The highest BCUT2D eigenvalue weighted by Crippen LogP contribution is 2.38. The second-order valence-electron chi connectivity index (χ2n) is 6.82. The third kappa shape index (κ3) is 2.90. The van der Waals surface area contributed by atoms with Gasteiger partial charge in [0, 0.05) is 17.4 Å². The van der Waals surface area contributed by atoms with Gasteiger partial charge in [-0.3, -0.25) is 10.1 Å². The lowest BCUT2D eigenvalue weighted by atomic mass is 9.97. The number of aromatic nitrogens is 1. The minimum Gasteiger partial charge on any atom is -0.507 e. The number of nitrogens with zero attached hydrogens (tertiary/aromatic N) is 2. The standard InChI is InChI=1S/C21H18N2O5/c24-20-10-9-14(12-16(20)21(25)26)22-17-7-3-1-5-13(17)11-19(22)15-6-2-4-8-18(15)23(27)28/h2,4,6,8-12,24H,1,3,5,7H2,(H,25,26). The number of fused-ring (bicyclic) bond motifs is 1. The van der Waals surface area contributed by atoms with Gasteiger partial charge in [0.2, 0.25) is 0 Å². The van der Waals surface area contributed by atoms with Crippen LogP contribution in [0.15, 0.2) is 48.5 Å². The highest BCUT2D eigenvalue weighted by molar-refractivity contribution is 5.91. The molecule has 7 nitrogen and oxygen atoms in total. The minimum atomic E-state index is -1.23. The maximum atomic E-state index is 11.6. The van der Waals surface area contributed by atoms with Crippen LogP contribution in [0.5, 0.6) is 5.75 Å². The second kappa shape index (κ2) is 6.84. The van der Waals surface area contributed by atoms with Gasteiger partial charge < -0.3 is 14.8 Å². The highest BCUT2D eigenvalue weighted by Gasteiger charge is 2.25. The number of carboxylic acids is 1. The van der Waals surface area contributed by atoms with E-state index in [-0.39, 0.29) is 17.0 Å². The number of carbonyl (C=O) groups is 1. The van der Waals surface area contributed by atoms with Crippen molar-refractivity contribution in [1.82, 2.24) is 4.57 Å². The molecule has 1 aliphatic rings. The van der Waals surface area contributed by atoms with Gasteiger partial charge in [0.05, 0.1) is 16.2 Å². The average molecular weight is 378 g/mol. The minimum absolute atomic E-state index is 0.00386. The van der Waals surface area contributed by atoms with Gasteiger partial charge in [-0.2, -0.15) is 0 Å². The van der Waals surface area contributed by atoms with E-state index in [0.29, 0.717) is 16.9 Å². The Morgan fingerprint density at radius 2 is 1.82 bits per heavy atom. The predicted octanol–water partition coefficient (Wildman–Crippen LogP) is 4.34. The smallest absolute Gasteiger partial charge is 0.339 e. The summed E-state index contributed by atoms with van der Waals surface area (Å²) in [5, 5.41) is 30.8. The van der Waals surface area contributed by atoms with Crippen LogP contribution in [0.2, 0.25) is 0 Å². The van der Waals surface area contributed by atoms with E-state index in [1.165, 1.54) is 18.2 Å². The van der Waals surface area contributed by atoms with Crippen LogP contribution >= 0.6 is 0 Å². The number of carboxylic acid groups (broad SMARTS) is 1. The molecule has 0 saturated heterocycles. The van der Waals surface area contributed by atoms with Crippen LogP contribution in [0.4, 0.5) is 5.69 Å². The summed E-state index contributed by atoms with van der Waals surface area (Å²) >= 11 is 0. The maximum absolute atomic E-state index is 11.6. The van der Waals surface area contributed by atoms with Gasteiger partial charge >= 0.3 is 5.97 Å². The molecule has 0 unspecified atom stereocenters. The van der Waals surface area contributed by atoms with E-state index in [4.69, 9.17) is 0 Å². The van der Waals surface area contributed by atoms with E-state index in [1.807, 2.05) is 10.6 Å². The summed E-state index contributed by atoms with van der Waals surface area (Å²) < 4.78 is 1.89. The molecule has 0 radical (unpaired) electrons. The fourth-order valence-electron chi connectivity index (χ4n) is 3.88. The van der Waals surface area contributed by atoms with Gasteiger partial charge in [-0.15, -0.1) is 0 Å². The zero-order chi connectivity index (χ0) is 19.8. The number of nitro groups is 1. The summed E-state index contributed by atoms with van der Waals surface area (Å²) in [4.78, 5) is 22.6. The molecule has 0 aliphatic heterocycles. The molecule has 1 aromatic heterocycles. The largest absolute Gasteiger partial charge is 0.507 e. The molecule has 0 atom stereocenters. The topological polar surface area (TPSA) is 106 Å². The molecule has 0 spiro atoms. The summed E-state index contributed by atoms with van der Waals surface area (Å²) in [5.41, 5.74) is 3.63. The molecule has 0 fully saturated rings. The van der Waals surface area contributed by atoms with Crippen molar-refractivity contribution in [2.75, 3.05) is 0 Å². The van der Waals surface area contributed by atoms with Crippen LogP contribution in [0.1, 0.15) is 34.5 Å². The lowest BCUT2D eigenvalue weighted by molar-refractivity contribution is -0.384. The number of aromatic carboxylic acids is 1. The Morgan fingerprint density at radius 1 is 1.07 bits per heavy atom. The summed E-state index contributed by atoms with van der Waals surface area (Å²) in [6, 6.07) is 12.9. The molecular weight excluding hydrogens is 360 g/mol. The number of hydrogen-bond acceptors (Lipinski definition) is 4. The first-order chi connectivity index (χ1) is 13.5. The summed E-state index contributed by atoms with van der Waals surface area (Å²) in [6.45, 7) is 0. The third-order valence-electron chi connectivity index (χ3n) is 5.15. The van der Waals surface area contributed by atoms with Gasteiger partial charge in [0.1, 0.15) is 11.3 Å². The summed E-state index contributed by atoms with van der Waals surface area (Å²) in [6.07, 6.45) is 3.72. The fraction of sp³-hybridized carbons (Fsp3) is 0.190. The number of phenols is 1. The molecule has 1 heterocycles. The lowest BCUT2D eigenvalue weighted by Gasteiger charge is -2.18. The van der Waals surface area contributed by atoms with E-state index in [1.54, 1.807) is 24.3 Å². The van der Waals surface area contributed by atoms with Gasteiger partial charge in [-0.25, -0.2) is 4.79 Å². The van der Waals surface area contributed by atoms with E-state index >= 15 is 0 Å². The highest BCUT2D eigenvalue weighted by atomic mass is 16.6. The Hall–Kier alpha value is -3.61. The number of benzene rings is 2. The molecule has 0 amide bonds.